The zero-order valence-electron chi connectivity index (χ0n) is 26.1. The molecule has 0 aromatic rings. The average Bonchev–Trinajstić information content (AvgIpc) is 2.97. The van der Waals surface area contributed by atoms with Gasteiger partial charge in [0.25, 0.3) is 0 Å². The van der Waals surface area contributed by atoms with Gasteiger partial charge in [-0.05, 0) is 0 Å². The van der Waals surface area contributed by atoms with Crippen LogP contribution in [0.4, 0.5) is 140 Å². The summed E-state index contributed by atoms with van der Waals surface area (Å²) in [5, 5.41) is 10.5. The molecule has 0 aliphatic heterocycles. The first-order chi connectivity index (χ1) is 24.0. The Hall–Kier alpha value is -2.81. The number of likely N-dealkylation sites (N-methyl/N-ethyl adjacent to an activating group) is 1. The first-order valence-electron chi connectivity index (χ1n) is 13.1. The van der Waals surface area contributed by atoms with Gasteiger partial charge >= 0.3 is 89.1 Å². The van der Waals surface area contributed by atoms with Gasteiger partial charge in [0.1, 0.15) is 6.54 Å². The van der Waals surface area contributed by atoms with E-state index in [0.29, 0.717) is 14.1 Å². The van der Waals surface area contributed by atoms with Crippen LogP contribution in [-0.2, 0) is 4.79 Å². The fourth-order valence-corrected chi connectivity index (χ4v) is 3.83. The summed E-state index contributed by atoms with van der Waals surface area (Å²) in [6.07, 6.45) is -16.0. The van der Waals surface area contributed by atoms with E-state index in [4.69, 9.17) is 0 Å². The maximum Gasteiger partial charge on any atom is 0.460 e. The largest absolute Gasteiger partial charge is 0.544 e. The Balaban J connectivity index is 7.51. The van der Waals surface area contributed by atoms with E-state index >= 15 is 0 Å². The van der Waals surface area contributed by atoms with Crippen molar-refractivity contribution in [2.45, 2.75) is 102 Å². The fraction of sp³-hybridized carbons (Fsp3) is 0.955. The normalized spacial score (nSPS) is 17.2. The molecule has 0 aromatic heterocycles. The van der Waals surface area contributed by atoms with Crippen LogP contribution in [0.1, 0.15) is 6.42 Å². The van der Waals surface area contributed by atoms with Gasteiger partial charge in [0, 0.05) is 6.42 Å². The first-order valence-corrected chi connectivity index (χ1v) is 13.1. The quantitative estimate of drug-likeness (QED) is 0.0960. The zero-order chi connectivity index (χ0) is 47.3. The summed E-state index contributed by atoms with van der Waals surface area (Å²) in [6, 6.07) is 0. The molecule has 0 saturated heterocycles. The van der Waals surface area contributed by atoms with Gasteiger partial charge in [-0.2, -0.15) is 136 Å². The SMILES string of the molecule is C[N+](C)(CCC(F)C(F)(F)C(F)(F)C(F)(F)C(F)(F)C(F)(F)C(F)(F)C(F)(F)C(F)(F)C(F)(F)C(F)(F)C(F)(F)C(F)(F)C(F)(F)C(F)(F)C(F)(F)F)CC(=O)[O-]. The Bertz CT molecular complexity index is 1460. The lowest BCUT2D eigenvalue weighted by molar-refractivity contribution is -0.885. The second-order valence-electron chi connectivity index (χ2n) is 12.0. The summed E-state index contributed by atoms with van der Waals surface area (Å²) in [7, 11) is 1.10. The maximum atomic E-state index is 14.0. The van der Waals surface area contributed by atoms with E-state index in [1.807, 2.05) is 0 Å². The molecule has 57 heavy (non-hydrogen) atoms. The molecule has 3 nitrogen and oxygen atoms in total. The number of carboxylic acid groups (broad SMARTS) is 1. The van der Waals surface area contributed by atoms with Gasteiger partial charge in [-0.25, -0.2) is 4.39 Å². The summed E-state index contributed by atoms with van der Waals surface area (Å²) < 4.78 is 435. The summed E-state index contributed by atoms with van der Waals surface area (Å²) in [4.78, 5) is 10.5. The molecule has 0 rings (SSSR count). The van der Waals surface area contributed by atoms with Crippen molar-refractivity contribution in [2.75, 3.05) is 27.2 Å². The van der Waals surface area contributed by atoms with E-state index < -0.39 is 125 Å². The number of halogens is 32. The van der Waals surface area contributed by atoms with Gasteiger partial charge in [-0.15, -0.1) is 0 Å². The molecule has 1 atom stereocenters. The van der Waals surface area contributed by atoms with Crippen molar-refractivity contribution in [3.8, 4) is 0 Å². The molecule has 0 N–H and O–H groups in total. The minimum atomic E-state index is -10.2. The van der Waals surface area contributed by atoms with Crippen LogP contribution in [0, 0.1) is 0 Å². The number of carbonyl (C=O) groups is 1. The zero-order valence-corrected chi connectivity index (χ0v) is 26.1. The standard InChI is InChI=1S/C22H13F32NO2/c1-55(2,5-7(56)57)4-3-6(23)8(24,25)9(26,27)10(28,29)11(30,31)12(32,33)13(34,35)14(36,37)15(38,39)16(40,41)17(42,43)18(44,45)19(46,47)20(48,49)21(50,51)22(52,53)54/h6H,3-5H2,1-2H3. The maximum absolute atomic E-state index is 14.0. The molecular weight excluding hydrogens is 918 g/mol. The highest BCUT2D eigenvalue weighted by Crippen LogP contribution is 2.69. The van der Waals surface area contributed by atoms with Crippen molar-refractivity contribution in [3.63, 3.8) is 0 Å². The van der Waals surface area contributed by atoms with Crippen molar-refractivity contribution in [1.82, 2.24) is 0 Å². The summed E-state index contributed by atoms with van der Waals surface area (Å²) >= 11 is 0. The highest BCUT2D eigenvalue weighted by molar-refractivity contribution is 5.65. The molecular formula is C22H13F32NO2. The van der Waals surface area contributed by atoms with Crippen LogP contribution < -0.4 is 5.11 Å². The Morgan fingerprint density at radius 1 is 0.404 bits per heavy atom. The molecule has 0 aliphatic rings. The number of carbonyl (C=O) groups excluding carboxylic acids is 1. The minimum Gasteiger partial charge on any atom is -0.544 e. The predicted molar refractivity (Wildman–Crippen MR) is 112 cm³/mol. The Morgan fingerprint density at radius 3 is 0.789 bits per heavy atom. The van der Waals surface area contributed by atoms with Gasteiger partial charge < -0.3 is 14.4 Å². The summed E-state index contributed by atoms with van der Waals surface area (Å²) in [6.45, 7) is -3.04. The van der Waals surface area contributed by atoms with Gasteiger partial charge in [-0.1, -0.05) is 0 Å². The van der Waals surface area contributed by atoms with Crippen LogP contribution >= 0.6 is 0 Å². The van der Waals surface area contributed by atoms with Crippen LogP contribution in [0.15, 0.2) is 0 Å². The van der Waals surface area contributed by atoms with Crippen molar-refractivity contribution < 1.29 is 155 Å². The van der Waals surface area contributed by atoms with Crippen LogP contribution in [-0.4, -0.2) is 133 Å². The highest BCUT2D eigenvalue weighted by atomic mass is 19.4. The predicted octanol–water partition coefficient (Wildman–Crippen LogP) is 9.00. The number of alkyl halides is 32. The Kier molecular flexibility index (Phi) is 13.2. The lowest BCUT2D eigenvalue weighted by atomic mass is 9.82. The molecule has 0 radical (unpaired) electrons. The molecule has 1 unspecified atom stereocenters. The van der Waals surface area contributed by atoms with Crippen molar-refractivity contribution in [1.29, 1.82) is 0 Å². The number of carboxylic acids is 1. The third kappa shape index (κ3) is 7.09. The lowest BCUT2D eigenvalue weighted by Gasteiger charge is -2.46. The molecule has 0 aromatic carbocycles. The third-order valence-corrected chi connectivity index (χ3v) is 7.45. The number of nitrogens with zero attached hydrogens (tertiary/aromatic N) is 1. The Morgan fingerprint density at radius 2 is 0.596 bits per heavy atom. The molecule has 342 valence electrons. The van der Waals surface area contributed by atoms with Crippen LogP contribution in [0.25, 0.3) is 0 Å². The van der Waals surface area contributed by atoms with Crippen molar-refractivity contribution >= 4 is 5.97 Å². The molecule has 0 saturated carbocycles. The van der Waals surface area contributed by atoms with Crippen LogP contribution in [0.2, 0.25) is 0 Å². The van der Waals surface area contributed by atoms with E-state index in [2.05, 4.69) is 0 Å². The lowest BCUT2D eigenvalue weighted by Crippen LogP contribution is -2.79. The van der Waals surface area contributed by atoms with Gasteiger partial charge in [0.05, 0.1) is 26.6 Å². The molecule has 0 heterocycles. The van der Waals surface area contributed by atoms with E-state index in [1.54, 1.807) is 0 Å². The number of hydrogen-bond donors (Lipinski definition) is 0. The van der Waals surface area contributed by atoms with E-state index in [-0.39, 0.29) is 0 Å². The summed E-state index contributed by atoms with van der Waals surface area (Å²) in [5.74, 6) is -136. The fourth-order valence-electron chi connectivity index (χ4n) is 3.83. The highest BCUT2D eigenvalue weighted by Gasteiger charge is 3.01. The van der Waals surface area contributed by atoms with Gasteiger partial charge in [-0.3, -0.25) is 0 Å². The van der Waals surface area contributed by atoms with Crippen LogP contribution in [0.5, 0.6) is 0 Å². The van der Waals surface area contributed by atoms with Crippen molar-refractivity contribution in [3.05, 3.63) is 0 Å². The minimum absolute atomic E-state index is 0.549. The molecule has 0 spiro atoms. The third-order valence-electron chi connectivity index (χ3n) is 7.45. The van der Waals surface area contributed by atoms with E-state index in [0.717, 1.165) is 0 Å². The number of hydrogen-bond acceptors (Lipinski definition) is 2. The van der Waals surface area contributed by atoms with E-state index in [1.165, 1.54) is 0 Å². The molecule has 35 heteroatoms. The molecule has 0 aliphatic carbocycles. The molecule has 0 fully saturated rings. The van der Waals surface area contributed by atoms with Crippen molar-refractivity contribution in [2.24, 2.45) is 0 Å². The smallest absolute Gasteiger partial charge is 0.460 e. The number of aliphatic carboxylic acids is 1. The summed E-state index contributed by atoms with van der Waals surface area (Å²) in [5.41, 5.74) is 0. The molecule has 0 bridgehead atoms. The second-order valence-corrected chi connectivity index (χ2v) is 12.0. The molecule has 0 amide bonds. The average molecular weight is 931 g/mol. The van der Waals surface area contributed by atoms with Gasteiger partial charge in [0.15, 0.2) is 6.17 Å². The monoisotopic (exact) mass is 931 g/mol. The van der Waals surface area contributed by atoms with E-state index in [9.17, 15) is 150 Å². The van der Waals surface area contributed by atoms with Crippen LogP contribution in [0.3, 0.4) is 0 Å². The number of quaternary nitrogens is 1. The number of rotatable bonds is 19. The second kappa shape index (κ2) is 13.9. The first kappa shape index (κ1) is 54.2. The Labute approximate surface area is 291 Å². The topological polar surface area (TPSA) is 40.1 Å². The van der Waals surface area contributed by atoms with Gasteiger partial charge in [0.2, 0.25) is 0 Å².